The molecule has 0 spiro atoms. The molecule has 0 bridgehead atoms. The summed E-state index contributed by atoms with van der Waals surface area (Å²) < 4.78 is 53.1. The highest BCUT2D eigenvalue weighted by Gasteiger charge is 2.34. The fraction of sp³-hybridized carbons (Fsp3) is 0.308. The van der Waals surface area contributed by atoms with Crippen LogP contribution in [0.4, 0.5) is 17.6 Å². The molecule has 0 fully saturated rings. The largest absolute Gasteiger partial charge is 0.419 e. The number of alkyl halides is 3. The Bertz CT molecular complexity index is 781. The number of hydrogen-bond donors (Lipinski definition) is 2. The van der Waals surface area contributed by atoms with Crippen molar-refractivity contribution in [3.8, 4) is 0 Å². The summed E-state index contributed by atoms with van der Waals surface area (Å²) in [5.41, 5.74) is -1.78. The molecule has 2 rings (SSSR count). The summed E-state index contributed by atoms with van der Waals surface area (Å²) in [6, 6.07) is 2.07. The molecule has 1 aromatic heterocycles. The van der Waals surface area contributed by atoms with E-state index in [0.29, 0.717) is 29.3 Å². The van der Waals surface area contributed by atoms with Gasteiger partial charge in [-0.3, -0.25) is 9.89 Å². The quantitative estimate of drug-likeness (QED) is 0.659. The van der Waals surface area contributed by atoms with Gasteiger partial charge >= 0.3 is 6.18 Å². The molecule has 10 heteroatoms. The molecular formula is C13H12F4N4OS. The zero-order valence-corrected chi connectivity index (χ0v) is 12.7. The van der Waals surface area contributed by atoms with Gasteiger partial charge in [0.15, 0.2) is 10.6 Å². The highest BCUT2D eigenvalue weighted by Crippen LogP contribution is 2.31. The first kappa shape index (κ1) is 17.1. The number of aromatic nitrogens is 3. The Hall–Kier alpha value is -2.23. The summed E-state index contributed by atoms with van der Waals surface area (Å²) in [7, 11) is 0. The van der Waals surface area contributed by atoms with E-state index in [4.69, 9.17) is 12.2 Å². The molecule has 0 aliphatic carbocycles. The Labute approximate surface area is 133 Å². The molecule has 124 valence electrons. The van der Waals surface area contributed by atoms with Crippen molar-refractivity contribution in [1.82, 2.24) is 20.1 Å². The van der Waals surface area contributed by atoms with Gasteiger partial charge in [0.2, 0.25) is 0 Å². The maximum Gasteiger partial charge on any atom is 0.419 e. The summed E-state index contributed by atoms with van der Waals surface area (Å²) in [6.45, 7) is 2.32. The molecule has 1 aromatic carbocycles. The van der Waals surface area contributed by atoms with Crippen molar-refractivity contribution in [2.45, 2.75) is 26.2 Å². The maximum absolute atomic E-state index is 13.2. The lowest BCUT2D eigenvalue weighted by molar-refractivity contribution is -0.140. The first-order chi connectivity index (χ1) is 10.7. The van der Waals surface area contributed by atoms with Crippen LogP contribution in [0.2, 0.25) is 0 Å². The molecule has 0 aliphatic rings. The van der Waals surface area contributed by atoms with Crippen molar-refractivity contribution in [1.29, 1.82) is 0 Å². The van der Waals surface area contributed by atoms with Crippen LogP contribution in [0.15, 0.2) is 18.2 Å². The molecule has 23 heavy (non-hydrogen) atoms. The van der Waals surface area contributed by atoms with Crippen molar-refractivity contribution in [2.24, 2.45) is 0 Å². The molecule has 0 atom stereocenters. The number of aromatic amines is 1. The van der Waals surface area contributed by atoms with Crippen LogP contribution < -0.4 is 5.32 Å². The van der Waals surface area contributed by atoms with E-state index in [-0.39, 0.29) is 12.1 Å². The Morgan fingerprint density at radius 2 is 2.13 bits per heavy atom. The van der Waals surface area contributed by atoms with E-state index in [2.05, 4.69) is 15.5 Å². The van der Waals surface area contributed by atoms with Gasteiger partial charge in [0.25, 0.3) is 5.91 Å². The van der Waals surface area contributed by atoms with Crippen molar-refractivity contribution < 1.29 is 22.4 Å². The summed E-state index contributed by atoms with van der Waals surface area (Å²) >= 11 is 4.98. The highest BCUT2D eigenvalue weighted by molar-refractivity contribution is 7.71. The van der Waals surface area contributed by atoms with Crippen LogP contribution in [0.5, 0.6) is 0 Å². The number of hydrogen-bond acceptors (Lipinski definition) is 3. The van der Waals surface area contributed by atoms with E-state index in [1.807, 2.05) is 6.92 Å². The van der Waals surface area contributed by atoms with Crippen molar-refractivity contribution in [3.05, 3.63) is 45.7 Å². The molecule has 1 amide bonds. The number of nitrogens with zero attached hydrogens (tertiary/aromatic N) is 2. The van der Waals surface area contributed by atoms with E-state index >= 15 is 0 Å². The minimum Gasteiger partial charge on any atom is -0.345 e. The van der Waals surface area contributed by atoms with Crippen molar-refractivity contribution in [3.63, 3.8) is 0 Å². The molecule has 0 radical (unpaired) electrons. The standard InChI is InChI=1S/C13H12F4N4OS/c1-2-21-10(19-20-12(21)23)6-18-11(22)7-3-4-9(14)8(5-7)13(15,16)17/h3-5H,2,6H2,1H3,(H,18,22)(H,20,23). The number of halogens is 4. The van der Waals surface area contributed by atoms with Gasteiger partial charge in [-0.25, -0.2) is 4.39 Å². The van der Waals surface area contributed by atoms with Gasteiger partial charge in [0.1, 0.15) is 5.82 Å². The third-order valence-electron chi connectivity index (χ3n) is 3.09. The molecular weight excluding hydrogens is 336 g/mol. The van der Waals surface area contributed by atoms with E-state index in [1.165, 1.54) is 0 Å². The minimum absolute atomic E-state index is 0.0292. The highest BCUT2D eigenvalue weighted by atomic mass is 32.1. The molecule has 0 saturated carbocycles. The monoisotopic (exact) mass is 348 g/mol. The van der Waals surface area contributed by atoms with Gasteiger partial charge in [-0.1, -0.05) is 0 Å². The van der Waals surface area contributed by atoms with Crippen molar-refractivity contribution in [2.75, 3.05) is 0 Å². The second kappa shape index (κ2) is 6.49. The second-order valence-corrected chi connectivity index (χ2v) is 4.95. The fourth-order valence-corrected chi connectivity index (χ4v) is 2.24. The Morgan fingerprint density at radius 3 is 2.74 bits per heavy atom. The topological polar surface area (TPSA) is 62.7 Å². The predicted octanol–water partition coefficient (Wildman–Crippen LogP) is 3.05. The van der Waals surface area contributed by atoms with Crippen LogP contribution in [0.3, 0.4) is 0 Å². The van der Waals surface area contributed by atoms with E-state index in [0.717, 1.165) is 6.07 Å². The van der Waals surface area contributed by atoms with E-state index in [1.54, 1.807) is 4.57 Å². The fourth-order valence-electron chi connectivity index (χ4n) is 1.96. The Balaban J connectivity index is 2.17. The summed E-state index contributed by atoms with van der Waals surface area (Å²) in [4.78, 5) is 11.9. The average molecular weight is 348 g/mol. The summed E-state index contributed by atoms with van der Waals surface area (Å²) in [6.07, 6.45) is -4.87. The zero-order valence-electron chi connectivity index (χ0n) is 11.9. The van der Waals surface area contributed by atoms with E-state index in [9.17, 15) is 22.4 Å². The number of amides is 1. The SMILES string of the molecule is CCn1c(CNC(=O)c2ccc(F)c(C(F)(F)F)c2)n[nH]c1=S. The van der Waals surface area contributed by atoms with Gasteiger partial charge in [0.05, 0.1) is 12.1 Å². The van der Waals surface area contributed by atoms with Crippen LogP contribution in [0.1, 0.15) is 28.7 Å². The summed E-state index contributed by atoms with van der Waals surface area (Å²) in [5, 5.41) is 8.89. The first-order valence-corrected chi connectivity index (χ1v) is 6.94. The van der Waals surface area contributed by atoms with Gasteiger partial charge in [-0.15, -0.1) is 0 Å². The van der Waals surface area contributed by atoms with Crippen LogP contribution in [-0.2, 0) is 19.3 Å². The van der Waals surface area contributed by atoms with Crippen LogP contribution in [0, 0.1) is 10.6 Å². The van der Waals surface area contributed by atoms with Crippen LogP contribution in [0.25, 0.3) is 0 Å². The predicted molar refractivity (Wildman–Crippen MR) is 75.7 cm³/mol. The maximum atomic E-state index is 13.2. The molecule has 0 saturated heterocycles. The number of carbonyl (C=O) groups excluding carboxylic acids is 1. The second-order valence-electron chi connectivity index (χ2n) is 4.56. The molecule has 0 aliphatic heterocycles. The Kier molecular flexibility index (Phi) is 4.83. The van der Waals surface area contributed by atoms with Gasteiger partial charge in [-0.05, 0) is 37.3 Å². The number of benzene rings is 1. The first-order valence-electron chi connectivity index (χ1n) is 6.53. The zero-order chi connectivity index (χ0) is 17.2. The summed E-state index contributed by atoms with van der Waals surface area (Å²) in [5.74, 6) is -1.77. The molecule has 2 aromatic rings. The van der Waals surface area contributed by atoms with Crippen LogP contribution in [-0.4, -0.2) is 20.7 Å². The number of rotatable bonds is 4. The third-order valence-corrected chi connectivity index (χ3v) is 3.41. The average Bonchev–Trinajstić information content (AvgIpc) is 2.84. The smallest absolute Gasteiger partial charge is 0.345 e. The van der Waals surface area contributed by atoms with E-state index < -0.39 is 23.5 Å². The lowest BCUT2D eigenvalue weighted by Crippen LogP contribution is -2.25. The van der Waals surface area contributed by atoms with Gasteiger partial charge in [0, 0.05) is 12.1 Å². The Morgan fingerprint density at radius 1 is 1.43 bits per heavy atom. The minimum atomic E-state index is -4.87. The molecule has 5 nitrogen and oxygen atoms in total. The lowest BCUT2D eigenvalue weighted by Gasteiger charge is -2.10. The third kappa shape index (κ3) is 3.76. The molecule has 0 unspecified atom stereocenters. The lowest BCUT2D eigenvalue weighted by atomic mass is 10.1. The normalized spacial score (nSPS) is 11.5. The van der Waals surface area contributed by atoms with Gasteiger partial charge in [-0.2, -0.15) is 18.3 Å². The number of H-pyrrole nitrogens is 1. The van der Waals surface area contributed by atoms with Crippen molar-refractivity contribution >= 4 is 18.1 Å². The van der Waals surface area contributed by atoms with Gasteiger partial charge < -0.3 is 9.88 Å². The van der Waals surface area contributed by atoms with Crippen LogP contribution >= 0.6 is 12.2 Å². The number of nitrogens with one attached hydrogen (secondary N) is 2. The molecule has 1 heterocycles. The number of carbonyl (C=O) groups is 1. The molecule has 2 N–H and O–H groups in total.